The smallest absolute Gasteiger partial charge is 0.337 e. The first-order valence-corrected chi connectivity index (χ1v) is 4.92. The molecule has 0 unspecified atom stereocenters. The van der Waals surface area contributed by atoms with Crippen molar-refractivity contribution in [3.05, 3.63) is 24.0 Å². The summed E-state index contributed by atoms with van der Waals surface area (Å²) in [5.41, 5.74) is -0.378. The van der Waals surface area contributed by atoms with Crippen LogP contribution in [0.3, 0.4) is 0 Å². The molecular formula is C6H7N3O4S. The minimum absolute atomic E-state index is 0.164. The summed E-state index contributed by atoms with van der Waals surface area (Å²) >= 11 is 0. The molecule has 1 rings (SSSR count). The van der Waals surface area contributed by atoms with Gasteiger partial charge in [0.2, 0.25) is 0 Å². The van der Waals surface area contributed by atoms with Crippen molar-refractivity contribution >= 4 is 21.9 Å². The maximum absolute atomic E-state index is 10.6. The van der Waals surface area contributed by atoms with Crippen molar-refractivity contribution in [1.29, 1.82) is 0 Å². The van der Waals surface area contributed by atoms with Gasteiger partial charge in [0.05, 0.1) is 17.4 Å². The first-order valence-electron chi connectivity index (χ1n) is 3.38. The number of anilines is 1. The van der Waals surface area contributed by atoms with E-state index in [0.29, 0.717) is 0 Å². The number of aromatic carboxylic acids is 1. The zero-order valence-electron chi connectivity index (χ0n) is 6.84. The van der Waals surface area contributed by atoms with E-state index < -0.39 is 16.2 Å². The Kier molecular flexibility index (Phi) is 2.68. The average Bonchev–Trinajstić information content (AvgIpc) is 2.01. The van der Waals surface area contributed by atoms with Gasteiger partial charge in [0, 0.05) is 6.20 Å². The van der Waals surface area contributed by atoms with E-state index in [4.69, 9.17) is 5.11 Å². The molecule has 0 aliphatic carbocycles. The van der Waals surface area contributed by atoms with Crippen LogP contribution in [-0.2, 0) is 10.2 Å². The minimum atomic E-state index is -3.99. The van der Waals surface area contributed by atoms with Crippen molar-refractivity contribution < 1.29 is 18.3 Å². The number of nitrogens with zero attached hydrogens (tertiary/aromatic N) is 1. The SMILES string of the molecule is NS(=O)(=O)Nc1cnccc1C(=O)O. The first-order chi connectivity index (χ1) is 6.40. The van der Waals surface area contributed by atoms with Crippen LogP contribution in [0.25, 0.3) is 0 Å². The number of carbonyl (C=O) groups is 1. The molecule has 1 aromatic heterocycles. The van der Waals surface area contributed by atoms with Crippen molar-refractivity contribution in [2.24, 2.45) is 5.14 Å². The summed E-state index contributed by atoms with van der Waals surface area (Å²) in [5.74, 6) is -1.27. The van der Waals surface area contributed by atoms with Crippen molar-refractivity contribution in [2.45, 2.75) is 0 Å². The Bertz CT molecular complexity index is 456. The van der Waals surface area contributed by atoms with E-state index in [1.807, 2.05) is 4.72 Å². The molecule has 7 nitrogen and oxygen atoms in total. The molecule has 8 heteroatoms. The van der Waals surface area contributed by atoms with Gasteiger partial charge in [0.25, 0.3) is 10.2 Å². The number of nitrogens with two attached hydrogens (primary N) is 1. The Morgan fingerprint density at radius 2 is 2.21 bits per heavy atom. The topological polar surface area (TPSA) is 122 Å². The van der Waals surface area contributed by atoms with Gasteiger partial charge in [-0.15, -0.1) is 0 Å². The summed E-state index contributed by atoms with van der Waals surface area (Å²) in [6.45, 7) is 0. The van der Waals surface area contributed by atoms with Crippen LogP contribution in [0.2, 0.25) is 0 Å². The van der Waals surface area contributed by atoms with Crippen LogP contribution in [0.15, 0.2) is 18.5 Å². The fourth-order valence-corrected chi connectivity index (χ4v) is 1.28. The Labute approximate surface area is 79.8 Å². The molecule has 0 amide bonds. The highest BCUT2D eigenvalue weighted by molar-refractivity contribution is 7.90. The number of nitrogens with one attached hydrogen (secondary N) is 1. The minimum Gasteiger partial charge on any atom is -0.478 e. The molecule has 0 spiro atoms. The molecule has 0 radical (unpaired) electrons. The fourth-order valence-electron chi connectivity index (χ4n) is 0.816. The highest BCUT2D eigenvalue weighted by Crippen LogP contribution is 2.13. The molecule has 76 valence electrons. The van der Waals surface area contributed by atoms with Gasteiger partial charge in [-0.1, -0.05) is 0 Å². The third kappa shape index (κ3) is 2.68. The summed E-state index contributed by atoms with van der Waals surface area (Å²) in [5, 5.41) is 13.3. The molecule has 0 atom stereocenters. The van der Waals surface area contributed by atoms with Gasteiger partial charge < -0.3 is 5.11 Å². The number of aromatic nitrogens is 1. The molecule has 0 fully saturated rings. The van der Waals surface area contributed by atoms with Crippen molar-refractivity contribution in [2.75, 3.05) is 4.72 Å². The fraction of sp³-hybridized carbons (Fsp3) is 0. The first kappa shape index (κ1) is 10.4. The summed E-state index contributed by atoms with van der Waals surface area (Å²) in [6.07, 6.45) is 2.30. The average molecular weight is 217 g/mol. The van der Waals surface area contributed by atoms with Gasteiger partial charge in [-0.25, -0.2) is 9.93 Å². The van der Waals surface area contributed by atoms with Gasteiger partial charge in [-0.2, -0.15) is 8.42 Å². The lowest BCUT2D eigenvalue weighted by Crippen LogP contribution is -2.23. The van der Waals surface area contributed by atoms with Crippen LogP contribution in [0.5, 0.6) is 0 Å². The van der Waals surface area contributed by atoms with Gasteiger partial charge in [-0.05, 0) is 6.07 Å². The molecule has 0 aliphatic rings. The Hall–Kier alpha value is -1.67. The van der Waals surface area contributed by atoms with Gasteiger partial charge in [0.15, 0.2) is 0 Å². The Morgan fingerprint density at radius 3 is 2.71 bits per heavy atom. The quantitative estimate of drug-likeness (QED) is 0.623. The number of rotatable bonds is 3. The molecule has 0 aliphatic heterocycles. The van der Waals surface area contributed by atoms with Crippen LogP contribution in [0.4, 0.5) is 5.69 Å². The van der Waals surface area contributed by atoms with Crippen LogP contribution < -0.4 is 9.86 Å². The van der Waals surface area contributed by atoms with Gasteiger partial charge in [-0.3, -0.25) is 9.71 Å². The lowest BCUT2D eigenvalue weighted by Gasteiger charge is -2.05. The van der Waals surface area contributed by atoms with E-state index in [2.05, 4.69) is 10.1 Å². The molecule has 1 heterocycles. The normalized spacial score (nSPS) is 10.9. The molecular weight excluding hydrogens is 210 g/mol. The van der Waals surface area contributed by atoms with E-state index in [-0.39, 0.29) is 11.3 Å². The van der Waals surface area contributed by atoms with Crippen LogP contribution >= 0.6 is 0 Å². The van der Waals surface area contributed by atoms with Crippen molar-refractivity contribution in [1.82, 2.24) is 4.98 Å². The molecule has 0 saturated heterocycles. The number of carboxylic acid groups (broad SMARTS) is 1. The van der Waals surface area contributed by atoms with E-state index in [1.54, 1.807) is 0 Å². The number of pyridine rings is 1. The molecule has 0 bridgehead atoms. The standard InChI is InChI=1S/C6H7N3O4S/c7-14(12,13)9-5-3-8-2-1-4(5)6(10)11/h1-3,9H,(H,10,11)(H2,7,12,13). The lowest BCUT2D eigenvalue weighted by atomic mass is 10.2. The van der Waals surface area contributed by atoms with Crippen LogP contribution in [0, 0.1) is 0 Å². The Morgan fingerprint density at radius 1 is 1.57 bits per heavy atom. The molecule has 0 aromatic carbocycles. The van der Waals surface area contributed by atoms with Gasteiger partial charge in [0.1, 0.15) is 0 Å². The lowest BCUT2D eigenvalue weighted by molar-refractivity contribution is 0.0698. The summed E-state index contributed by atoms with van der Waals surface area (Å²) in [7, 11) is -3.99. The van der Waals surface area contributed by atoms with Crippen molar-refractivity contribution in [3.8, 4) is 0 Å². The zero-order chi connectivity index (χ0) is 10.8. The van der Waals surface area contributed by atoms with Crippen LogP contribution in [-0.4, -0.2) is 24.5 Å². The van der Waals surface area contributed by atoms with Gasteiger partial charge >= 0.3 is 5.97 Å². The second kappa shape index (κ2) is 3.60. The number of hydrogen-bond acceptors (Lipinski definition) is 4. The molecule has 4 N–H and O–H groups in total. The highest BCUT2D eigenvalue weighted by atomic mass is 32.2. The second-order valence-electron chi connectivity index (χ2n) is 2.37. The van der Waals surface area contributed by atoms with E-state index in [9.17, 15) is 13.2 Å². The second-order valence-corrected chi connectivity index (χ2v) is 3.67. The highest BCUT2D eigenvalue weighted by Gasteiger charge is 2.12. The third-order valence-corrected chi connectivity index (χ3v) is 1.81. The monoisotopic (exact) mass is 217 g/mol. The third-order valence-electron chi connectivity index (χ3n) is 1.30. The predicted molar refractivity (Wildman–Crippen MR) is 47.9 cm³/mol. The number of carboxylic acids is 1. The summed E-state index contributed by atoms with van der Waals surface area (Å²) in [4.78, 5) is 14.2. The van der Waals surface area contributed by atoms with E-state index >= 15 is 0 Å². The van der Waals surface area contributed by atoms with Crippen molar-refractivity contribution in [3.63, 3.8) is 0 Å². The molecule has 1 aromatic rings. The Balaban J connectivity index is 3.15. The zero-order valence-corrected chi connectivity index (χ0v) is 7.65. The largest absolute Gasteiger partial charge is 0.478 e. The summed E-state index contributed by atoms with van der Waals surface area (Å²) in [6, 6.07) is 1.16. The van der Waals surface area contributed by atoms with Crippen LogP contribution in [0.1, 0.15) is 10.4 Å². The van der Waals surface area contributed by atoms with E-state index in [1.165, 1.54) is 6.20 Å². The van der Waals surface area contributed by atoms with E-state index in [0.717, 1.165) is 12.3 Å². The molecule has 0 saturated carbocycles. The number of hydrogen-bond donors (Lipinski definition) is 3. The molecule has 14 heavy (non-hydrogen) atoms. The maximum atomic E-state index is 10.6. The summed E-state index contributed by atoms with van der Waals surface area (Å²) < 4.78 is 23.1. The maximum Gasteiger partial charge on any atom is 0.337 e. The predicted octanol–water partition coefficient (Wildman–Crippen LogP) is -0.605.